The van der Waals surface area contributed by atoms with Gasteiger partial charge < -0.3 is 10.2 Å². The van der Waals surface area contributed by atoms with Crippen LogP contribution in [0.2, 0.25) is 5.02 Å². The Labute approximate surface area is 115 Å². The van der Waals surface area contributed by atoms with E-state index in [1.54, 1.807) is 6.20 Å². The van der Waals surface area contributed by atoms with E-state index < -0.39 is 0 Å². The summed E-state index contributed by atoms with van der Waals surface area (Å²) in [6, 6.07) is 4.54. The van der Waals surface area contributed by atoms with Crippen LogP contribution in [0.15, 0.2) is 18.3 Å². The fraction of sp³-hybridized carbons (Fsp3) is 0.643. The van der Waals surface area contributed by atoms with Crippen molar-refractivity contribution < 1.29 is 0 Å². The van der Waals surface area contributed by atoms with Crippen molar-refractivity contribution in [1.82, 2.24) is 9.88 Å². The summed E-state index contributed by atoms with van der Waals surface area (Å²) in [6.45, 7) is 5.76. The molecule has 18 heavy (non-hydrogen) atoms. The summed E-state index contributed by atoms with van der Waals surface area (Å²) in [5, 5.41) is 4.01. The molecule has 0 aromatic carbocycles. The quantitative estimate of drug-likeness (QED) is 0.829. The highest BCUT2D eigenvalue weighted by atomic mass is 35.5. The van der Waals surface area contributed by atoms with Gasteiger partial charge in [0.15, 0.2) is 0 Å². The number of nitrogens with one attached hydrogen (secondary N) is 1. The van der Waals surface area contributed by atoms with Crippen molar-refractivity contribution in [2.75, 3.05) is 25.0 Å². The number of hydrogen-bond donors (Lipinski definition) is 1. The lowest BCUT2D eigenvalue weighted by Gasteiger charge is -2.33. The maximum atomic E-state index is 5.79. The van der Waals surface area contributed by atoms with Crippen LogP contribution in [0.4, 0.5) is 5.82 Å². The van der Waals surface area contributed by atoms with Gasteiger partial charge in [-0.3, -0.25) is 0 Å². The molecule has 0 spiro atoms. The summed E-state index contributed by atoms with van der Waals surface area (Å²) in [7, 11) is 0. The number of hydrogen-bond acceptors (Lipinski definition) is 3. The van der Waals surface area contributed by atoms with E-state index >= 15 is 0 Å². The summed E-state index contributed by atoms with van der Waals surface area (Å²) in [4.78, 5) is 6.82. The molecule has 0 aliphatic carbocycles. The van der Waals surface area contributed by atoms with E-state index in [4.69, 9.17) is 11.6 Å². The fourth-order valence-electron chi connectivity index (χ4n) is 2.47. The summed E-state index contributed by atoms with van der Waals surface area (Å²) < 4.78 is 0. The van der Waals surface area contributed by atoms with E-state index in [0.29, 0.717) is 5.02 Å². The Balaban J connectivity index is 1.65. The Kier molecular flexibility index (Phi) is 5.26. The van der Waals surface area contributed by atoms with Crippen molar-refractivity contribution in [3.05, 3.63) is 23.4 Å². The Hall–Kier alpha value is -0.800. The van der Waals surface area contributed by atoms with Gasteiger partial charge in [-0.05, 0) is 44.9 Å². The minimum absolute atomic E-state index is 0.683. The van der Waals surface area contributed by atoms with Crippen LogP contribution in [0.1, 0.15) is 32.6 Å². The van der Waals surface area contributed by atoms with Gasteiger partial charge in [0.2, 0.25) is 0 Å². The number of nitrogens with zero attached hydrogens (tertiary/aromatic N) is 2. The van der Waals surface area contributed by atoms with Gasteiger partial charge in [0, 0.05) is 25.3 Å². The van der Waals surface area contributed by atoms with Gasteiger partial charge in [-0.25, -0.2) is 4.98 Å². The van der Waals surface area contributed by atoms with Crippen molar-refractivity contribution in [3.8, 4) is 0 Å². The van der Waals surface area contributed by atoms with E-state index in [-0.39, 0.29) is 0 Å². The highest BCUT2D eigenvalue weighted by Crippen LogP contribution is 2.16. The van der Waals surface area contributed by atoms with Crippen molar-refractivity contribution in [2.24, 2.45) is 0 Å². The topological polar surface area (TPSA) is 28.2 Å². The first-order valence-electron chi connectivity index (χ1n) is 6.85. The van der Waals surface area contributed by atoms with E-state index in [1.807, 2.05) is 12.1 Å². The molecule has 2 heterocycles. The number of piperidine rings is 1. The zero-order chi connectivity index (χ0) is 12.8. The maximum absolute atomic E-state index is 5.79. The molecule has 3 nitrogen and oxygen atoms in total. The zero-order valence-corrected chi connectivity index (χ0v) is 11.8. The fourth-order valence-corrected chi connectivity index (χ4v) is 2.58. The van der Waals surface area contributed by atoms with Crippen LogP contribution in [0.5, 0.6) is 0 Å². The van der Waals surface area contributed by atoms with Crippen molar-refractivity contribution in [3.63, 3.8) is 0 Å². The first-order valence-corrected chi connectivity index (χ1v) is 7.23. The number of anilines is 1. The van der Waals surface area contributed by atoms with Crippen LogP contribution < -0.4 is 5.32 Å². The summed E-state index contributed by atoms with van der Waals surface area (Å²) >= 11 is 5.79. The van der Waals surface area contributed by atoms with Crippen LogP contribution in [-0.2, 0) is 0 Å². The minimum atomic E-state index is 0.683. The van der Waals surface area contributed by atoms with Gasteiger partial charge in [-0.15, -0.1) is 0 Å². The van der Waals surface area contributed by atoms with E-state index in [0.717, 1.165) is 24.8 Å². The molecule has 0 bridgehead atoms. The minimum Gasteiger partial charge on any atom is -0.370 e. The molecule has 2 rings (SSSR count). The average Bonchev–Trinajstić information content (AvgIpc) is 2.39. The van der Waals surface area contributed by atoms with Gasteiger partial charge in [0.05, 0.1) is 5.02 Å². The third-order valence-electron chi connectivity index (χ3n) is 3.60. The van der Waals surface area contributed by atoms with Gasteiger partial charge in [-0.2, -0.15) is 0 Å². The number of rotatable bonds is 5. The van der Waals surface area contributed by atoms with Crippen LogP contribution in [-0.4, -0.2) is 35.6 Å². The summed E-state index contributed by atoms with van der Waals surface area (Å²) in [5.74, 6) is 0.908. The lowest BCUT2D eigenvalue weighted by Crippen LogP contribution is -2.38. The summed E-state index contributed by atoms with van der Waals surface area (Å²) in [5.41, 5.74) is 0. The molecule has 1 unspecified atom stereocenters. The predicted molar refractivity (Wildman–Crippen MR) is 77.2 cm³/mol. The van der Waals surface area contributed by atoms with Gasteiger partial charge in [0.1, 0.15) is 5.82 Å². The van der Waals surface area contributed by atoms with E-state index in [2.05, 4.69) is 22.1 Å². The molecule has 1 aromatic heterocycles. The van der Waals surface area contributed by atoms with Crippen LogP contribution in [0.25, 0.3) is 0 Å². The van der Waals surface area contributed by atoms with Crippen LogP contribution in [0.3, 0.4) is 0 Å². The van der Waals surface area contributed by atoms with Crippen molar-refractivity contribution in [2.45, 2.75) is 38.6 Å². The largest absolute Gasteiger partial charge is 0.370 e. The Morgan fingerprint density at radius 1 is 1.44 bits per heavy atom. The number of likely N-dealkylation sites (tertiary alicyclic amines) is 1. The van der Waals surface area contributed by atoms with Gasteiger partial charge >= 0.3 is 0 Å². The molecule has 0 saturated carbocycles. The Morgan fingerprint density at radius 2 is 2.33 bits per heavy atom. The van der Waals surface area contributed by atoms with E-state index in [9.17, 15) is 0 Å². The molecule has 1 atom stereocenters. The van der Waals surface area contributed by atoms with Crippen molar-refractivity contribution in [1.29, 1.82) is 0 Å². The average molecular weight is 268 g/mol. The Morgan fingerprint density at radius 3 is 3.06 bits per heavy atom. The molecule has 100 valence electrons. The standard InChI is InChI=1S/C14H22ClN3/c1-12-5-2-3-9-18(12)10-4-8-16-14-7-6-13(15)11-17-14/h6-7,11-12H,2-5,8-10H2,1H3,(H,16,17). The molecule has 1 N–H and O–H groups in total. The molecule has 1 aliphatic rings. The molecule has 1 aliphatic heterocycles. The van der Waals surface area contributed by atoms with E-state index in [1.165, 1.54) is 32.4 Å². The third-order valence-corrected chi connectivity index (χ3v) is 3.82. The lowest BCUT2D eigenvalue weighted by atomic mass is 10.0. The number of halogens is 1. The Bertz CT molecular complexity index is 353. The molecule has 1 fully saturated rings. The molecular formula is C14H22ClN3. The summed E-state index contributed by atoms with van der Waals surface area (Å²) in [6.07, 6.45) is 6.94. The molecule has 0 radical (unpaired) electrons. The zero-order valence-electron chi connectivity index (χ0n) is 11.0. The van der Waals surface area contributed by atoms with Crippen molar-refractivity contribution >= 4 is 17.4 Å². The first kappa shape index (κ1) is 13.6. The molecular weight excluding hydrogens is 246 g/mol. The highest BCUT2D eigenvalue weighted by molar-refractivity contribution is 6.30. The monoisotopic (exact) mass is 267 g/mol. The number of aromatic nitrogens is 1. The molecule has 1 aromatic rings. The molecule has 0 amide bonds. The van der Waals surface area contributed by atoms with Crippen LogP contribution >= 0.6 is 11.6 Å². The maximum Gasteiger partial charge on any atom is 0.125 e. The normalized spacial score (nSPS) is 20.9. The highest BCUT2D eigenvalue weighted by Gasteiger charge is 2.16. The second kappa shape index (κ2) is 6.95. The second-order valence-electron chi connectivity index (χ2n) is 5.02. The predicted octanol–water partition coefficient (Wildman–Crippen LogP) is 3.41. The molecule has 4 heteroatoms. The lowest BCUT2D eigenvalue weighted by molar-refractivity contribution is 0.160. The number of pyridine rings is 1. The SMILES string of the molecule is CC1CCCCN1CCCNc1ccc(Cl)cn1. The third kappa shape index (κ3) is 4.14. The second-order valence-corrected chi connectivity index (χ2v) is 5.46. The van der Waals surface area contributed by atoms with Crippen LogP contribution in [0, 0.1) is 0 Å². The van der Waals surface area contributed by atoms with Gasteiger partial charge in [0.25, 0.3) is 0 Å². The smallest absolute Gasteiger partial charge is 0.125 e. The first-order chi connectivity index (χ1) is 8.75. The molecule has 1 saturated heterocycles. The van der Waals surface area contributed by atoms with Gasteiger partial charge in [-0.1, -0.05) is 18.0 Å².